The number of carbonyl (C=O) groups is 3. The highest BCUT2D eigenvalue weighted by Gasteiger charge is 2.14. The average molecular weight is 636 g/mol. The molecule has 1 unspecified atom stereocenters. The molecule has 0 saturated heterocycles. The van der Waals surface area contributed by atoms with Gasteiger partial charge in [0, 0.05) is 12.8 Å². The summed E-state index contributed by atoms with van der Waals surface area (Å²) in [6.07, 6.45) is 39.2. The van der Waals surface area contributed by atoms with Crippen molar-refractivity contribution in [3.05, 3.63) is 12.2 Å². The predicted octanol–water partition coefficient (Wildman–Crippen LogP) is 11.4. The fraction of sp³-hybridized carbons (Fsp3) is 0.872. The van der Waals surface area contributed by atoms with Gasteiger partial charge in [-0.15, -0.1) is 0 Å². The Hall–Kier alpha value is -1.85. The van der Waals surface area contributed by atoms with Crippen molar-refractivity contribution in [3.8, 4) is 0 Å². The quantitative estimate of drug-likeness (QED) is 0.0410. The van der Waals surface area contributed by atoms with Crippen molar-refractivity contribution in [1.29, 1.82) is 0 Å². The summed E-state index contributed by atoms with van der Waals surface area (Å²) < 4.78 is 5.93. The van der Waals surface area contributed by atoms with E-state index in [2.05, 4.69) is 31.3 Å². The summed E-state index contributed by atoms with van der Waals surface area (Å²) in [6.45, 7) is 4.18. The first-order valence-electron chi connectivity index (χ1n) is 19.3. The van der Waals surface area contributed by atoms with E-state index < -0.39 is 5.97 Å². The molecule has 45 heavy (non-hydrogen) atoms. The Balaban J connectivity index is 3.85. The molecule has 2 N–H and O–H groups in total. The number of carboxylic acid groups (broad SMARTS) is 1. The van der Waals surface area contributed by atoms with Gasteiger partial charge in [0.15, 0.2) is 0 Å². The van der Waals surface area contributed by atoms with Crippen LogP contribution < -0.4 is 5.32 Å². The van der Waals surface area contributed by atoms with Gasteiger partial charge in [-0.2, -0.15) is 0 Å². The molecule has 0 aliphatic carbocycles. The van der Waals surface area contributed by atoms with Gasteiger partial charge in [0.25, 0.3) is 0 Å². The maximum absolute atomic E-state index is 12.6. The number of nitrogens with one attached hydrogen (secondary N) is 1. The first kappa shape index (κ1) is 43.1. The standard InChI is InChI=1S/C39H73NO5/c1-3-5-7-9-10-11-12-13-14-15-16-17-18-19-20-21-22-24-30-34-39(44)45-36(31-27-23-8-6-4-2)32-28-25-26-29-33-37(41)40-35-38(42)43/h13-14,36H,3-12,15-35H2,1-2H3,(H,40,41)(H,42,43)/b14-13-. The summed E-state index contributed by atoms with van der Waals surface area (Å²) in [5.41, 5.74) is 0. The zero-order valence-electron chi connectivity index (χ0n) is 29.7. The number of unbranched alkanes of at least 4 members (excludes halogenated alkanes) is 22. The Kier molecular flexibility index (Phi) is 33.6. The largest absolute Gasteiger partial charge is 0.480 e. The molecule has 0 bridgehead atoms. The minimum Gasteiger partial charge on any atom is -0.480 e. The number of aliphatic carboxylic acids is 1. The number of rotatable bonds is 35. The van der Waals surface area contributed by atoms with Crippen molar-refractivity contribution in [2.45, 2.75) is 213 Å². The molecule has 1 amide bonds. The highest BCUT2D eigenvalue weighted by molar-refractivity contribution is 5.80. The van der Waals surface area contributed by atoms with E-state index in [1.807, 2.05) is 0 Å². The second-order valence-electron chi connectivity index (χ2n) is 13.2. The summed E-state index contributed by atoms with van der Waals surface area (Å²) in [5.74, 6) is -1.26. The highest BCUT2D eigenvalue weighted by atomic mass is 16.5. The number of hydrogen-bond acceptors (Lipinski definition) is 4. The lowest BCUT2D eigenvalue weighted by molar-refractivity contribution is -0.150. The van der Waals surface area contributed by atoms with E-state index in [-0.39, 0.29) is 24.5 Å². The van der Waals surface area contributed by atoms with Crippen molar-refractivity contribution in [3.63, 3.8) is 0 Å². The van der Waals surface area contributed by atoms with Crippen molar-refractivity contribution < 1.29 is 24.2 Å². The first-order chi connectivity index (χ1) is 22.0. The number of allylic oxidation sites excluding steroid dienone is 2. The van der Waals surface area contributed by atoms with Crippen LogP contribution >= 0.6 is 0 Å². The summed E-state index contributed by atoms with van der Waals surface area (Å²) in [6, 6.07) is 0. The van der Waals surface area contributed by atoms with Gasteiger partial charge in [0.1, 0.15) is 12.6 Å². The topological polar surface area (TPSA) is 92.7 Å². The van der Waals surface area contributed by atoms with Crippen molar-refractivity contribution in [2.24, 2.45) is 0 Å². The maximum atomic E-state index is 12.6. The van der Waals surface area contributed by atoms with Crippen LogP contribution in [0.5, 0.6) is 0 Å². The minimum atomic E-state index is -1.02. The molecule has 0 radical (unpaired) electrons. The molecule has 0 aliphatic rings. The van der Waals surface area contributed by atoms with E-state index in [4.69, 9.17) is 9.84 Å². The summed E-state index contributed by atoms with van der Waals surface area (Å²) >= 11 is 0. The number of hydrogen-bond donors (Lipinski definition) is 2. The van der Waals surface area contributed by atoms with Gasteiger partial charge in [-0.25, -0.2) is 0 Å². The van der Waals surface area contributed by atoms with E-state index in [0.717, 1.165) is 57.8 Å². The zero-order chi connectivity index (χ0) is 33.1. The third-order valence-corrected chi connectivity index (χ3v) is 8.69. The van der Waals surface area contributed by atoms with Gasteiger partial charge < -0.3 is 15.2 Å². The second kappa shape index (κ2) is 35.0. The third-order valence-electron chi connectivity index (χ3n) is 8.69. The number of carboxylic acids is 1. The third kappa shape index (κ3) is 34.9. The van der Waals surface area contributed by atoms with Crippen LogP contribution in [0.4, 0.5) is 0 Å². The summed E-state index contributed by atoms with van der Waals surface area (Å²) in [5, 5.41) is 11.0. The number of amides is 1. The number of ether oxygens (including phenoxy) is 1. The van der Waals surface area contributed by atoms with Crippen LogP contribution in [-0.4, -0.2) is 35.6 Å². The Labute approximate surface area is 278 Å². The molecule has 0 saturated carbocycles. The lowest BCUT2D eigenvalue weighted by Crippen LogP contribution is -2.28. The number of esters is 1. The maximum Gasteiger partial charge on any atom is 0.322 e. The second-order valence-corrected chi connectivity index (χ2v) is 13.2. The van der Waals surface area contributed by atoms with Crippen LogP contribution in [0.3, 0.4) is 0 Å². The lowest BCUT2D eigenvalue weighted by Gasteiger charge is -2.18. The molecular weight excluding hydrogens is 562 g/mol. The van der Waals surface area contributed by atoms with Crippen LogP contribution in [0, 0.1) is 0 Å². The fourth-order valence-electron chi connectivity index (χ4n) is 5.80. The molecule has 264 valence electrons. The zero-order valence-corrected chi connectivity index (χ0v) is 29.7. The molecule has 0 rings (SSSR count). The van der Waals surface area contributed by atoms with Crippen molar-refractivity contribution in [1.82, 2.24) is 5.32 Å². The highest BCUT2D eigenvalue weighted by Crippen LogP contribution is 2.18. The molecule has 6 heteroatoms. The fourth-order valence-corrected chi connectivity index (χ4v) is 5.80. The normalized spacial score (nSPS) is 12.0. The number of carbonyl (C=O) groups excluding carboxylic acids is 2. The summed E-state index contributed by atoms with van der Waals surface area (Å²) in [7, 11) is 0. The Bertz CT molecular complexity index is 708. The first-order valence-corrected chi connectivity index (χ1v) is 19.3. The van der Waals surface area contributed by atoms with Crippen LogP contribution in [0.15, 0.2) is 12.2 Å². The molecular formula is C39H73NO5. The van der Waals surface area contributed by atoms with Gasteiger partial charge in [-0.1, -0.05) is 142 Å². The molecule has 0 aromatic heterocycles. The van der Waals surface area contributed by atoms with Crippen LogP contribution in [-0.2, 0) is 19.1 Å². The van der Waals surface area contributed by atoms with Gasteiger partial charge in [-0.05, 0) is 64.2 Å². The lowest BCUT2D eigenvalue weighted by atomic mass is 10.0. The average Bonchev–Trinajstić information content (AvgIpc) is 3.02. The van der Waals surface area contributed by atoms with E-state index in [1.165, 1.54) is 122 Å². The van der Waals surface area contributed by atoms with Crippen LogP contribution in [0.25, 0.3) is 0 Å². The van der Waals surface area contributed by atoms with E-state index in [0.29, 0.717) is 12.8 Å². The Morgan fingerprint density at radius 1 is 0.556 bits per heavy atom. The molecule has 0 spiro atoms. The van der Waals surface area contributed by atoms with Crippen molar-refractivity contribution >= 4 is 17.8 Å². The molecule has 1 atom stereocenters. The van der Waals surface area contributed by atoms with Crippen molar-refractivity contribution in [2.75, 3.05) is 6.54 Å². The molecule has 0 aromatic carbocycles. The Morgan fingerprint density at radius 3 is 1.42 bits per heavy atom. The molecule has 0 heterocycles. The molecule has 0 aliphatic heterocycles. The molecule has 6 nitrogen and oxygen atoms in total. The van der Waals surface area contributed by atoms with Gasteiger partial charge in [0.2, 0.25) is 5.91 Å². The molecule has 0 fully saturated rings. The SMILES string of the molecule is CCCCCCCC/C=C\CCCCCCCCCCCC(=O)OC(CCCCCCC)CCCCCCC(=O)NCC(=O)O. The van der Waals surface area contributed by atoms with Gasteiger partial charge >= 0.3 is 11.9 Å². The van der Waals surface area contributed by atoms with E-state index in [1.54, 1.807) is 0 Å². The predicted molar refractivity (Wildman–Crippen MR) is 190 cm³/mol. The van der Waals surface area contributed by atoms with Gasteiger partial charge in [0.05, 0.1) is 0 Å². The summed E-state index contributed by atoms with van der Waals surface area (Å²) in [4.78, 5) is 34.8. The smallest absolute Gasteiger partial charge is 0.322 e. The van der Waals surface area contributed by atoms with Crippen LogP contribution in [0.2, 0.25) is 0 Å². The van der Waals surface area contributed by atoms with Gasteiger partial charge in [-0.3, -0.25) is 14.4 Å². The van der Waals surface area contributed by atoms with E-state index in [9.17, 15) is 14.4 Å². The monoisotopic (exact) mass is 636 g/mol. The minimum absolute atomic E-state index is 0.00815. The Morgan fingerprint density at radius 2 is 0.956 bits per heavy atom. The van der Waals surface area contributed by atoms with Crippen LogP contribution in [0.1, 0.15) is 206 Å². The van der Waals surface area contributed by atoms with E-state index >= 15 is 0 Å². The molecule has 0 aromatic rings.